The summed E-state index contributed by atoms with van der Waals surface area (Å²) >= 11 is 0. The van der Waals surface area contributed by atoms with Gasteiger partial charge in [0.25, 0.3) is 0 Å². The first-order chi connectivity index (χ1) is 23.5. The van der Waals surface area contributed by atoms with Gasteiger partial charge in [0.05, 0.1) is 0 Å². The highest BCUT2D eigenvalue weighted by atomic mass is 16.1. The fourth-order valence-corrected chi connectivity index (χ4v) is 7.32. The van der Waals surface area contributed by atoms with Gasteiger partial charge in [-0.15, -0.1) is 0 Å². The maximum Gasteiger partial charge on any atom is 0.160 e. The Labute approximate surface area is 307 Å². The van der Waals surface area contributed by atoms with Gasteiger partial charge >= 0.3 is 0 Å². The van der Waals surface area contributed by atoms with E-state index in [0.29, 0.717) is 28.7 Å². The second-order valence-electron chi connectivity index (χ2n) is 16.0. The Morgan fingerprint density at radius 2 is 1.20 bits per heavy atom. The Bertz CT molecular complexity index is 1140. The van der Waals surface area contributed by atoms with Crippen molar-refractivity contribution in [2.24, 2.45) is 28.6 Å². The number of carbonyl (C=O) groups is 5. The molecule has 1 aromatic carbocycles. The second-order valence-corrected chi connectivity index (χ2v) is 16.0. The standard InChI is InChI=1S/C11H20O.C10H18O.C10H12O.C9H16O.C5H10O/c1-3-11(9-10(2)12)7-5-4-6-8-11;1-3-9-4-6-10(7-5-9)8(2)11;1-3-9-6-4-5-7-10(9)8(2)11;1-8(10)9(2)6-4-3-5-7-9;1-4(2)5(3)6/h3-9H2,1-2H3;9-10H,3-7H2,1-2H3;4-7H,3H2,1-2H3;3-7H2,1-2H3;4H,1-3H3. The average Bonchev–Trinajstić information content (AvgIpc) is 3.09. The molecule has 0 amide bonds. The van der Waals surface area contributed by atoms with Gasteiger partial charge in [-0.1, -0.05) is 117 Å². The van der Waals surface area contributed by atoms with Crippen LogP contribution in [0.2, 0.25) is 0 Å². The molecule has 0 aliphatic heterocycles. The predicted molar refractivity (Wildman–Crippen MR) is 211 cm³/mol. The van der Waals surface area contributed by atoms with Crippen molar-refractivity contribution in [1.82, 2.24) is 0 Å². The van der Waals surface area contributed by atoms with E-state index in [1.165, 1.54) is 77.0 Å². The van der Waals surface area contributed by atoms with Crippen LogP contribution in [0.5, 0.6) is 0 Å². The van der Waals surface area contributed by atoms with Crippen LogP contribution in [0.3, 0.4) is 0 Å². The third kappa shape index (κ3) is 19.3. The summed E-state index contributed by atoms with van der Waals surface area (Å²) < 4.78 is 0. The Kier molecular flexibility index (Phi) is 24.3. The fourth-order valence-electron chi connectivity index (χ4n) is 7.32. The quantitative estimate of drug-likeness (QED) is 0.240. The van der Waals surface area contributed by atoms with E-state index in [4.69, 9.17) is 0 Å². The van der Waals surface area contributed by atoms with Gasteiger partial charge in [-0.25, -0.2) is 0 Å². The molecule has 286 valence electrons. The van der Waals surface area contributed by atoms with Crippen LogP contribution in [0.25, 0.3) is 0 Å². The normalized spacial score (nSPS) is 20.4. The van der Waals surface area contributed by atoms with Crippen LogP contribution in [0, 0.1) is 28.6 Å². The molecule has 3 aliphatic rings. The Morgan fingerprint density at radius 1 is 0.720 bits per heavy atom. The third-order valence-electron chi connectivity index (χ3n) is 11.7. The largest absolute Gasteiger partial charge is 0.300 e. The van der Waals surface area contributed by atoms with Gasteiger partial charge in [0.15, 0.2) is 5.78 Å². The molecule has 3 fully saturated rings. The summed E-state index contributed by atoms with van der Waals surface area (Å²) in [7, 11) is 0. The van der Waals surface area contributed by atoms with E-state index in [2.05, 4.69) is 27.7 Å². The molecule has 50 heavy (non-hydrogen) atoms. The number of hydrogen-bond donors (Lipinski definition) is 0. The molecule has 3 aliphatic carbocycles. The summed E-state index contributed by atoms with van der Waals surface area (Å²) in [5.41, 5.74) is 2.43. The lowest BCUT2D eigenvalue weighted by molar-refractivity contribution is -0.127. The lowest BCUT2D eigenvalue weighted by atomic mass is 9.69. The summed E-state index contributed by atoms with van der Waals surface area (Å²) in [6.45, 7) is 20.8. The zero-order valence-electron chi connectivity index (χ0n) is 34.3. The molecule has 0 saturated heterocycles. The van der Waals surface area contributed by atoms with Crippen molar-refractivity contribution in [2.75, 3.05) is 0 Å². The molecule has 1 aromatic rings. The highest BCUT2D eigenvalue weighted by Gasteiger charge is 2.32. The van der Waals surface area contributed by atoms with Gasteiger partial charge < -0.3 is 4.79 Å². The van der Waals surface area contributed by atoms with Gasteiger partial charge in [-0.2, -0.15) is 0 Å². The number of Topliss-reactive ketones (excluding diaryl/α,β-unsaturated/α-hetero) is 5. The molecule has 0 unspecified atom stereocenters. The Hall–Kier alpha value is -2.43. The number of aryl methyl sites for hydroxylation is 1. The summed E-state index contributed by atoms with van der Waals surface area (Å²) in [6, 6.07) is 7.74. The van der Waals surface area contributed by atoms with Crippen LogP contribution >= 0.6 is 0 Å². The maximum absolute atomic E-state index is 11.1. The highest BCUT2D eigenvalue weighted by molar-refractivity contribution is 5.95. The van der Waals surface area contributed by atoms with E-state index >= 15 is 0 Å². The minimum absolute atomic E-state index is 0.0399. The summed E-state index contributed by atoms with van der Waals surface area (Å²) in [4.78, 5) is 54.4. The van der Waals surface area contributed by atoms with Crippen molar-refractivity contribution in [3.05, 3.63) is 35.4 Å². The van der Waals surface area contributed by atoms with E-state index in [9.17, 15) is 24.0 Å². The molecule has 3 saturated carbocycles. The lowest BCUT2D eigenvalue weighted by Gasteiger charge is -2.35. The first-order valence-corrected chi connectivity index (χ1v) is 20.1. The van der Waals surface area contributed by atoms with Crippen LogP contribution in [-0.2, 0) is 25.6 Å². The molecule has 5 nitrogen and oxygen atoms in total. The third-order valence-corrected chi connectivity index (χ3v) is 11.7. The molecule has 0 spiro atoms. The van der Waals surface area contributed by atoms with E-state index in [1.807, 2.05) is 38.1 Å². The zero-order valence-corrected chi connectivity index (χ0v) is 34.3. The molecular formula is C45H76O5. The van der Waals surface area contributed by atoms with Crippen molar-refractivity contribution in [2.45, 2.75) is 192 Å². The molecule has 0 N–H and O–H groups in total. The number of hydrogen-bond acceptors (Lipinski definition) is 5. The maximum atomic E-state index is 11.1. The van der Waals surface area contributed by atoms with E-state index in [-0.39, 0.29) is 22.9 Å². The first kappa shape index (κ1) is 47.6. The molecule has 0 radical (unpaired) electrons. The van der Waals surface area contributed by atoms with Crippen molar-refractivity contribution in [1.29, 1.82) is 0 Å². The van der Waals surface area contributed by atoms with Crippen molar-refractivity contribution >= 4 is 28.9 Å². The molecule has 0 atom stereocenters. The van der Waals surface area contributed by atoms with Crippen LogP contribution in [0.4, 0.5) is 0 Å². The molecule has 0 heterocycles. The second kappa shape index (κ2) is 25.5. The van der Waals surface area contributed by atoms with Crippen molar-refractivity contribution in [3.63, 3.8) is 0 Å². The number of benzene rings is 1. The smallest absolute Gasteiger partial charge is 0.160 e. The Morgan fingerprint density at radius 3 is 1.52 bits per heavy atom. The molecule has 5 heteroatoms. The van der Waals surface area contributed by atoms with Gasteiger partial charge in [0.2, 0.25) is 0 Å². The molecule has 0 aromatic heterocycles. The topological polar surface area (TPSA) is 85.3 Å². The van der Waals surface area contributed by atoms with Crippen LogP contribution in [0.15, 0.2) is 24.3 Å². The summed E-state index contributed by atoms with van der Waals surface area (Å²) in [6.07, 6.45) is 21.7. The summed E-state index contributed by atoms with van der Waals surface area (Å²) in [5, 5.41) is 0. The van der Waals surface area contributed by atoms with Gasteiger partial charge in [-0.3, -0.25) is 19.2 Å². The number of carbonyl (C=O) groups excluding carboxylic acids is 5. The number of rotatable bonds is 9. The zero-order chi connectivity index (χ0) is 38.3. The first-order valence-electron chi connectivity index (χ1n) is 20.1. The van der Waals surface area contributed by atoms with Crippen LogP contribution < -0.4 is 0 Å². The lowest BCUT2D eigenvalue weighted by Crippen LogP contribution is -2.27. The minimum atomic E-state index is 0.0399. The predicted octanol–water partition coefficient (Wildman–Crippen LogP) is 12.3. The SMILES string of the molecule is CC(=O)C(C)C.CC(=O)C1(C)CCCCC1.CCC1(CC(C)=O)CCCCC1.CCC1CCC(C(C)=O)CC1.CCc1ccccc1C(C)=O. The molecular weight excluding hydrogens is 620 g/mol. The van der Waals surface area contributed by atoms with Crippen molar-refractivity contribution in [3.8, 4) is 0 Å². The number of ketones is 5. The average molecular weight is 697 g/mol. The molecule has 0 bridgehead atoms. The fraction of sp³-hybridized carbons (Fsp3) is 0.756. The highest BCUT2D eigenvalue weighted by Crippen LogP contribution is 2.42. The van der Waals surface area contributed by atoms with Crippen LogP contribution in [-0.4, -0.2) is 28.9 Å². The van der Waals surface area contributed by atoms with Crippen LogP contribution in [0.1, 0.15) is 201 Å². The summed E-state index contributed by atoms with van der Waals surface area (Å²) in [5.74, 6) is 3.09. The van der Waals surface area contributed by atoms with E-state index in [0.717, 1.165) is 55.6 Å². The van der Waals surface area contributed by atoms with E-state index < -0.39 is 0 Å². The van der Waals surface area contributed by atoms with Gasteiger partial charge in [0.1, 0.15) is 23.1 Å². The molecule has 4 rings (SSSR count). The minimum Gasteiger partial charge on any atom is -0.300 e. The van der Waals surface area contributed by atoms with Gasteiger partial charge in [-0.05, 0) is 109 Å². The van der Waals surface area contributed by atoms with E-state index in [1.54, 1.807) is 34.6 Å². The Balaban J connectivity index is 0.000000609. The van der Waals surface area contributed by atoms with Gasteiger partial charge in [0, 0.05) is 29.2 Å². The monoisotopic (exact) mass is 697 g/mol. The van der Waals surface area contributed by atoms with Crippen molar-refractivity contribution < 1.29 is 24.0 Å².